The highest BCUT2D eigenvalue weighted by molar-refractivity contribution is 5.55. The number of pyridine rings is 1. The van der Waals surface area contributed by atoms with E-state index in [9.17, 15) is 5.11 Å². The molecule has 0 aliphatic carbocycles. The molecular formula is C14H13N5O. The molecule has 0 amide bonds. The van der Waals surface area contributed by atoms with Crippen LogP contribution in [-0.4, -0.2) is 30.7 Å². The van der Waals surface area contributed by atoms with Gasteiger partial charge < -0.3 is 5.11 Å². The minimum absolute atomic E-state index is 0.514. The zero-order valence-corrected chi connectivity index (χ0v) is 10.6. The van der Waals surface area contributed by atoms with Crippen molar-refractivity contribution in [3.63, 3.8) is 0 Å². The predicted octanol–water partition coefficient (Wildman–Crippen LogP) is 1.54. The quantitative estimate of drug-likeness (QED) is 0.748. The van der Waals surface area contributed by atoms with Gasteiger partial charge in [-0.3, -0.25) is 4.98 Å². The summed E-state index contributed by atoms with van der Waals surface area (Å²) in [6.45, 7) is 0. The standard InChI is InChI=1S/C14H13N5O/c20-13(7-10-3-2-6-15-9-10)11-4-1-5-12(8-11)14-16-18-19-17-14/h1-6,8-9,13,20H,7H2,(H,16,17,18,19). The molecule has 3 rings (SSSR count). The van der Waals surface area contributed by atoms with Gasteiger partial charge in [-0.2, -0.15) is 5.21 Å². The minimum atomic E-state index is -0.592. The highest BCUT2D eigenvalue weighted by Gasteiger charge is 2.11. The highest BCUT2D eigenvalue weighted by Crippen LogP contribution is 2.22. The van der Waals surface area contributed by atoms with Crippen LogP contribution in [0.3, 0.4) is 0 Å². The Morgan fingerprint density at radius 2 is 2.15 bits per heavy atom. The number of nitrogens with zero attached hydrogens (tertiary/aromatic N) is 4. The zero-order valence-electron chi connectivity index (χ0n) is 10.6. The van der Waals surface area contributed by atoms with Gasteiger partial charge in [-0.15, -0.1) is 10.2 Å². The lowest BCUT2D eigenvalue weighted by molar-refractivity contribution is 0.178. The fourth-order valence-corrected chi connectivity index (χ4v) is 2.03. The molecule has 6 nitrogen and oxygen atoms in total. The van der Waals surface area contributed by atoms with Gasteiger partial charge in [-0.25, -0.2) is 0 Å². The van der Waals surface area contributed by atoms with Crippen molar-refractivity contribution in [2.75, 3.05) is 0 Å². The summed E-state index contributed by atoms with van der Waals surface area (Å²) in [7, 11) is 0. The molecule has 0 saturated carbocycles. The summed E-state index contributed by atoms with van der Waals surface area (Å²) in [5, 5.41) is 24.1. The van der Waals surface area contributed by atoms with Crippen LogP contribution in [0.4, 0.5) is 0 Å². The van der Waals surface area contributed by atoms with Crippen molar-refractivity contribution in [3.8, 4) is 11.4 Å². The number of tetrazole rings is 1. The minimum Gasteiger partial charge on any atom is -0.388 e. The highest BCUT2D eigenvalue weighted by atomic mass is 16.3. The van der Waals surface area contributed by atoms with Gasteiger partial charge in [0.2, 0.25) is 5.82 Å². The van der Waals surface area contributed by atoms with Gasteiger partial charge in [0.05, 0.1) is 6.10 Å². The number of rotatable bonds is 4. The lowest BCUT2D eigenvalue weighted by Gasteiger charge is -2.11. The van der Waals surface area contributed by atoms with Crippen LogP contribution in [-0.2, 0) is 6.42 Å². The Balaban J connectivity index is 1.82. The van der Waals surface area contributed by atoms with Crippen molar-refractivity contribution >= 4 is 0 Å². The molecule has 1 unspecified atom stereocenters. The molecule has 0 aliphatic heterocycles. The van der Waals surface area contributed by atoms with Crippen molar-refractivity contribution in [2.24, 2.45) is 0 Å². The molecule has 0 saturated heterocycles. The van der Waals surface area contributed by atoms with E-state index in [-0.39, 0.29) is 0 Å². The first-order chi connectivity index (χ1) is 9.83. The maximum absolute atomic E-state index is 10.3. The summed E-state index contributed by atoms with van der Waals surface area (Å²) in [6.07, 6.45) is 3.40. The Bertz CT molecular complexity index is 669. The van der Waals surface area contributed by atoms with Crippen LogP contribution in [0, 0.1) is 0 Å². The Labute approximate surface area is 115 Å². The second-order valence-corrected chi connectivity index (χ2v) is 4.44. The summed E-state index contributed by atoms with van der Waals surface area (Å²) in [5.74, 6) is 0.514. The average Bonchev–Trinajstić information content (AvgIpc) is 3.03. The number of benzene rings is 1. The Morgan fingerprint density at radius 1 is 1.20 bits per heavy atom. The number of aliphatic hydroxyl groups is 1. The molecule has 2 heterocycles. The Morgan fingerprint density at radius 3 is 2.90 bits per heavy atom. The van der Waals surface area contributed by atoms with E-state index in [1.165, 1.54) is 0 Å². The predicted molar refractivity (Wildman–Crippen MR) is 72.5 cm³/mol. The third-order valence-corrected chi connectivity index (χ3v) is 3.03. The molecule has 0 radical (unpaired) electrons. The van der Waals surface area contributed by atoms with Crippen molar-refractivity contribution in [1.82, 2.24) is 25.6 Å². The van der Waals surface area contributed by atoms with Gasteiger partial charge >= 0.3 is 0 Å². The van der Waals surface area contributed by atoms with Crippen LogP contribution in [0.2, 0.25) is 0 Å². The van der Waals surface area contributed by atoms with Crippen molar-refractivity contribution in [1.29, 1.82) is 0 Å². The van der Waals surface area contributed by atoms with Crippen LogP contribution in [0.15, 0.2) is 48.8 Å². The lowest BCUT2D eigenvalue weighted by atomic mass is 10.0. The monoisotopic (exact) mass is 267 g/mol. The number of H-pyrrole nitrogens is 1. The van der Waals surface area contributed by atoms with Gasteiger partial charge in [0.15, 0.2) is 0 Å². The molecule has 20 heavy (non-hydrogen) atoms. The van der Waals surface area contributed by atoms with E-state index < -0.39 is 6.10 Å². The first-order valence-electron chi connectivity index (χ1n) is 6.23. The molecule has 0 bridgehead atoms. The topological polar surface area (TPSA) is 87.6 Å². The van der Waals surface area contributed by atoms with Crippen LogP contribution in [0.5, 0.6) is 0 Å². The SMILES string of the molecule is OC(Cc1cccnc1)c1cccc(-c2nn[nH]n2)c1. The third-order valence-electron chi connectivity index (χ3n) is 3.03. The van der Waals surface area contributed by atoms with Crippen molar-refractivity contribution in [2.45, 2.75) is 12.5 Å². The zero-order chi connectivity index (χ0) is 13.8. The number of aliphatic hydroxyl groups excluding tert-OH is 1. The Kier molecular flexibility index (Phi) is 3.47. The summed E-state index contributed by atoms with van der Waals surface area (Å²) in [4.78, 5) is 4.05. The molecule has 2 N–H and O–H groups in total. The largest absolute Gasteiger partial charge is 0.388 e. The maximum atomic E-state index is 10.3. The molecule has 0 fully saturated rings. The molecule has 0 spiro atoms. The molecule has 1 atom stereocenters. The normalized spacial score (nSPS) is 12.2. The molecule has 0 aliphatic rings. The average molecular weight is 267 g/mol. The molecular weight excluding hydrogens is 254 g/mol. The first kappa shape index (κ1) is 12.4. The van der Waals surface area contributed by atoms with E-state index >= 15 is 0 Å². The van der Waals surface area contributed by atoms with Crippen LogP contribution in [0.1, 0.15) is 17.2 Å². The lowest BCUT2D eigenvalue weighted by Crippen LogP contribution is -2.02. The number of nitrogens with one attached hydrogen (secondary N) is 1. The first-order valence-corrected chi connectivity index (χ1v) is 6.23. The van der Waals surface area contributed by atoms with Gasteiger partial charge in [-0.05, 0) is 28.5 Å². The fraction of sp³-hybridized carbons (Fsp3) is 0.143. The van der Waals surface area contributed by atoms with Crippen LogP contribution < -0.4 is 0 Å². The summed E-state index contributed by atoms with van der Waals surface area (Å²) in [5.41, 5.74) is 2.63. The number of hydrogen-bond acceptors (Lipinski definition) is 5. The van der Waals surface area contributed by atoms with E-state index in [0.717, 1.165) is 16.7 Å². The van der Waals surface area contributed by atoms with Gasteiger partial charge in [0.25, 0.3) is 0 Å². The summed E-state index contributed by atoms with van der Waals surface area (Å²) < 4.78 is 0. The van der Waals surface area contributed by atoms with Crippen molar-refractivity contribution in [3.05, 3.63) is 59.9 Å². The van der Waals surface area contributed by atoms with E-state index in [2.05, 4.69) is 25.6 Å². The second kappa shape index (κ2) is 5.58. The molecule has 6 heteroatoms. The van der Waals surface area contributed by atoms with Crippen LogP contribution >= 0.6 is 0 Å². The molecule has 100 valence electrons. The molecule has 1 aromatic carbocycles. The molecule has 2 aromatic heterocycles. The van der Waals surface area contributed by atoms with Gasteiger partial charge in [-0.1, -0.05) is 24.3 Å². The van der Waals surface area contributed by atoms with E-state index in [1.807, 2.05) is 36.4 Å². The van der Waals surface area contributed by atoms with Gasteiger partial charge in [0.1, 0.15) is 0 Å². The smallest absolute Gasteiger partial charge is 0.204 e. The van der Waals surface area contributed by atoms with Crippen LogP contribution in [0.25, 0.3) is 11.4 Å². The van der Waals surface area contributed by atoms with E-state index in [0.29, 0.717) is 12.2 Å². The maximum Gasteiger partial charge on any atom is 0.204 e. The molecule has 3 aromatic rings. The van der Waals surface area contributed by atoms with Gasteiger partial charge in [0, 0.05) is 24.4 Å². The summed E-state index contributed by atoms with van der Waals surface area (Å²) >= 11 is 0. The van der Waals surface area contributed by atoms with E-state index in [4.69, 9.17) is 0 Å². The Hall–Kier alpha value is -2.60. The number of aromatic amines is 1. The number of hydrogen-bond donors (Lipinski definition) is 2. The number of aromatic nitrogens is 5. The fourth-order valence-electron chi connectivity index (χ4n) is 2.03. The second-order valence-electron chi connectivity index (χ2n) is 4.44. The van der Waals surface area contributed by atoms with E-state index in [1.54, 1.807) is 12.4 Å². The summed E-state index contributed by atoms with van der Waals surface area (Å²) in [6, 6.07) is 11.3. The third kappa shape index (κ3) is 2.70. The van der Waals surface area contributed by atoms with Crippen molar-refractivity contribution < 1.29 is 5.11 Å².